The molecule has 1 unspecified atom stereocenters. The zero-order valence-electron chi connectivity index (χ0n) is 8.71. The summed E-state index contributed by atoms with van der Waals surface area (Å²) in [6.45, 7) is 5.85. The second-order valence-electron chi connectivity index (χ2n) is 3.39. The van der Waals surface area contributed by atoms with Crippen molar-refractivity contribution in [2.24, 2.45) is 5.92 Å². The number of nitriles is 1. The maximum absolute atomic E-state index is 8.75. The maximum atomic E-state index is 8.75. The SMILES string of the molecule is CCC(C#N)CNCc1sccc1C. The monoisotopic (exact) mass is 208 g/mol. The maximum Gasteiger partial charge on any atom is 0.0669 e. The van der Waals surface area contributed by atoms with Crippen molar-refractivity contribution in [3.05, 3.63) is 21.9 Å². The smallest absolute Gasteiger partial charge is 0.0669 e. The van der Waals surface area contributed by atoms with Crippen molar-refractivity contribution in [2.75, 3.05) is 6.54 Å². The first-order valence-corrected chi connectivity index (χ1v) is 5.79. The Morgan fingerprint density at radius 2 is 2.43 bits per heavy atom. The van der Waals surface area contributed by atoms with E-state index in [1.165, 1.54) is 10.4 Å². The molecule has 0 saturated carbocycles. The Balaban J connectivity index is 2.29. The van der Waals surface area contributed by atoms with Gasteiger partial charge in [-0.1, -0.05) is 6.92 Å². The molecule has 0 bridgehead atoms. The number of hydrogen-bond donors (Lipinski definition) is 1. The Morgan fingerprint density at radius 3 is 2.93 bits per heavy atom. The minimum atomic E-state index is 0.148. The Kier molecular flexibility index (Phi) is 4.64. The fourth-order valence-electron chi connectivity index (χ4n) is 1.23. The molecule has 0 radical (unpaired) electrons. The molecule has 0 aliphatic rings. The van der Waals surface area contributed by atoms with Crippen LogP contribution >= 0.6 is 11.3 Å². The highest BCUT2D eigenvalue weighted by molar-refractivity contribution is 7.10. The first kappa shape index (κ1) is 11.2. The molecule has 0 aliphatic heterocycles. The van der Waals surface area contributed by atoms with Gasteiger partial charge in [0.1, 0.15) is 0 Å². The largest absolute Gasteiger partial charge is 0.311 e. The molecular formula is C11H16N2S. The quantitative estimate of drug-likeness (QED) is 0.807. The van der Waals surface area contributed by atoms with Gasteiger partial charge in [0.25, 0.3) is 0 Å². The van der Waals surface area contributed by atoms with E-state index in [0.29, 0.717) is 0 Å². The molecule has 76 valence electrons. The molecule has 1 aromatic heterocycles. The second kappa shape index (κ2) is 5.79. The van der Waals surface area contributed by atoms with E-state index >= 15 is 0 Å². The number of nitrogens with one attached hydrogen (secondary N) is 1. The summed E-state index contributed by atoms with van der Waals surface area (Å²) in [6.07, 6.45) is 0.924. The number of aryl methyl sites for hydroxylation is 1. The minimum absolute atomic E-state index is 0.148. The first-order chi connectivity index (χ1) is 6.77. The van der Waals surface area contributed by atoms with E-state index in [1.807, 2.05) is 6.92 Å². The van der Waals surface area contributed by atoms with Crippen LogP contribution in [0.25, 0.3) is 0 Å². The number of hydrogen-bond acceptors (Lipinski definition) is 3. The summed E-state index contributed by atoms with van der Waals surface area (Å²) in [5.74, 6) is 0.148. The van der Waals surface area contributed by atoms with Gasteiger partial charge in [0.05, 0.1) is 12.0 Å². The Labute approximate surface area is 89.6 Å². The summed E-state index contributed by atoms with van der Waals surface area (Å²) >= 11 is 1.77. The topological polar surface area (TPSA) is 35.8 Å². The standard InChI is InChI=1S/C11H16N2S/c1-3-10(6-12)7-13-8-11-9(2)4-5-14-11/h4-5,10,13H,3,7-8H2,1-2H3. The molecule has 0 spiro atoms. The van der Waals surface area contributed by atoms with Crippen LogP contribution in [-0.2, 0) is 6.54 Å². The molecule has 0 aromatic carbocycles. The predicted molar refractivity (Wildman–Crippen MR) is 60.2 cm³/mol. The molecule has 2 nitrogen and oxygen atoms in total. The van der Waals surface area contributed by atoms with Crippen molar-refractivity contribution in [2.45, 2.75) is 26.8 Å². The molecule has 0 amide bonds. The average molecular weight is 208 g/mol. The van der Waals surface area contributed by atoms with Crippen LogP contribution in [0.2, 0.25) is 0 Å². The lowest BCUT2D eigenvalue weighted by Crippen LogP contribution is -2.20. The van der Waals surface area contributed by atoms with Crippen LogP contribution in [0.1, 0.15) is 23.8 Å². The van der Waals surface area contributed by atoms with Crippen LogP contribution in [0.4, 0.5) is 0 Å². The molecule has 1 heterocycles. The van der Waals surface area contributed by atoms with Crippen LogP contribution in [-0.4, -0.2) is 6.54 Å². The lowest BCUT2D eigenvalue weighted by atomic mass is 10.1. The van der Waals surface area contributed by atoms with Crippen molar-refractivity contribution >= 4 is 11.3 Å². The predicted octanol–water partition coefficient (Wildman–Crippen LogP) is 2.70. The lowest BCUT2D eigenvalue weighted by molar-refractivity contribution is 0.555. The van der Waals surface area contributed by atoms with Gasteiger partial charge >= 0.3 is 0 Å². The van der Waals surface area contributed by atoms with Crippen molar-refractivity contribution in [3.8, 4) is 6.07 Å². The first-order valence-electron chi connectivity index (χ1n) is 4.91. The molecule has 1 rings (SSSR count). The summed E-state index contributed by atoms with van der Waals surface area (Å²) in [5, 5.41) is 14.2. The van der Waals surface area contributed by atoms with Crippen LogP contribution in [0.3, 0.4) is 0 Å². The fraction of sp³-hybridized carbons (Fsp3) is 0.545. The molecule has 14 heavy (non-hydrogen) atoms. The van der Waals surface area contributed by atoms with E-state index in [-0.39, 0.29) is 5.92 Å². The Morgan fingerprint density at radius 1 is 1.64 bits per heavy atom. The van der Waals surface area contributed by atoms with Gasteiger partial charge < -0.3 is 5.32 Å². The molecule has 1 N–H and O–H groups in total. The molecule has 0 fully saturated rings. The zero-order chi connectivity index (χ0) is 10.4. The summed E-state index contributed by atoms with van der Waals surface area (Å²) in [5.41, 5.74) is 1.34. The van der Waals surface area contributed by atoms with Crippen molar-refractivity contribution in [1.82, 2.24) is 5.32 Å². The third kappa shape index (κ3) is 3.13. The van der Waals surface area contributed by atoms with E-state index in [4.69, 9.17) is 5.26 Å². The lowest BCUT2D eigenvalue weighted by Gasteiger charge is -2.07. The van der Waals surface area contributed by atoms with Gasteiger partial charge in [-0.05, 0) is 30.4 Å². The van der Waals surface area contributed by atoms with E-state index in [0.717, 1.165) is 19.5 Å². The summed E-state index contributed by atoms with van der Waals surface area (Å²) in [6, 6.07) is 4.42. The van der Waals surface area contributed by atoms with Crippen LogP contribution in [0, 0.1) is 24.2 Å². The zero-order valence-corrected chi connectivity index (χ0v) is 9.53. The highest BCUT2D eigenvalue weighted by Crippen LogP contribution is 2.14. The number of rotatable bonds is 5. The van der Waals surface area contributed by atoms with Gasteiger partial charge in [0.15, 0.2) is 0 Å². The van der Waals surface area contributed by atoms with Crippen molar-refractivity contribution < 1.29 is 0 Å². The fourth-order valence-corrected chi connectivity index (χ4v) is 2.10. The van der Waals surface area contributed by atoms with Crippen molar-refractivity contribution in [1.29, 1.82) is 5.26 Å². The van der Waals surface area contributed by atoms with Gasteiger partial charge in [-0.25, -0.2) is 0 Å². The summed E-state index contributed by atoms with van der Waals surface area (Å²) < 4.78 is 0. The third-order valence-corrected chi connectivity index (χ3v) is 3.34. The van der Waals surface area contributed by atoms with E-state index in [9.17, 15) is 0 Å². The van der Waals surface area contributed by atoms with Crippen molar-refractivity contribution in [3.63, 3.8) is 0 Å². The van der Waals surface area contributed by atoms with Crippen LogP contribution in [0.5, 0.6) is 0 Å². The third-order valence-electron chi connectivity index (χ3n) is 2.32. The van der Waals surface area contributed by atoms with Gasteiger partial charge in [-0.2, -0.15) is 5.26 Å². The molecule has 1 atom stereocenters. The van der Waals surface area contributed by atoms with E-state index < -0.39 is 0 Å². The summed E-state index contributed by atoms with van der Waals surface area (Å²) in [4.78, 5) is 1.37. The summed E-state index contributed by atoms with van der Waals surface area (Å²) in [7, 11) is 0. The molecule has 1 aromatic rings. The van der Waals surface area contributed by atoms with E-state index in [2.05, 4.69) is 29.8 Å². The number of thiophene rings is 1. The van der Waals surface area contributed by atoms with Gasteiger partial charge in [-0.15, -0.1) is 11.3 Å². The van der Waals surface area contributed by atoms with E-state index in [1.54, 1.807) is 11.3 Å². The second-order valence-corrected chi connectivity index (χ2v) is 4.39. The Bertz CT molecular complexity index is 311. The van der Waals surface area contributed by atoms with Crippen LogP contribution < -0.4 is 5.32 Å². The minimum Gasteiger partial charge on any atom is -0.311 e. The average Bonchev–Trinajstić information content (AvgIpc) is 2.59. The Hall–Kier alpha value is -0.850. The molecule has 3 heteroatoms. The highest BCUT2D eigenvalue weighted by Gasteiger charge is 2.04. The molecular weight excluding hydrogens is 192 g/mol. The van der Waals surface area contributed by atoms with Gasteiger partial charge in [0.2, 0.25) is 0 Å². The number of nitrogens with zero attached hydrogens (tertiary/aromatic N) is 1. The van der Waals surface area contributed by atoms with Crippen LogP contribution in [0.15, 0.2) is 11.4 Å². The molecule has 0 saturated heterocycles. The van der Waals surface area contributed by atoms with Gasteiger partial charge in [0, 0.05) is 18.0 Å². The normalized spacial score (nSPS) is 12.4. The highest BCUT2D eigenvalue weighted by atomic mass is 32.1. The van der Waals surface area contributed by atoms with Gasteiger partial charge in [-0.3, -0.25) is 0 Å². The molecule has 0 aliphatic carbocycles.